The Morgan fingerprint density at radius 2 is 0.652 bits per heavy atom. The van der Waals surface area contributed by atoms with Crippen molar-refractivity contribution in [1.29, 1.82) is 0 Å². The lowest BCUT2D eigenvalue weighted by Gasteiger charge is -2.32. The van der Waals surface area contributed by atoms with Crippen molar-refractivity contribution in [3.8, 4) is 0 Å². The molecule has 0 rings (SSSR count). The number of halogens is 14. The second kappa shape index (κ2) is 6.47. The summed E-state index contributed by atoms with van der Waals surface area (Å²) in [7, 11) is 0. The summed E-state index contributed by atoms with van der Waals surface area (Å²) in [6.07, 6.45) is -46.2. The molecule has 0 aromatic carbocycles. The van der Waals surface area contributed by atoms with Crippen LogP contribution in [0.25, 0.3) is 0 Å². The zero-order chi connectivity index (χ0) is 19.0. The molecule has 15 heteroatoms. The second-order valence-electron chi connectivity index (χ2n) is 3.95. The SMILES string of the molecule is FC(C(OC(C(F)C(F)(F)F)C(F)(F)F)C(F)(F)F)C(F)(F)F. The summed E-state index contributed by atoms with van der Waals surface area (Å²) in [5, 5.41) is 0. The summed E-state index contributed by atoms with van der Waals surface area (Å²) in [5.74, 6) is 0. The van der Waals surface area contributed by atoms with E-state index in [9.17, 15) is 61.5 Å². The van der Waals surface area contributed by atoms with E-state index in [4.69, 9.17) is 0 Å². The molecule has 1 nitrogen and oxygen atoms in total. The van der Waals surface area contributed by atoms with E-state index in [2.05, 4.69) is 4.74 Å². The fraction of sp³-hybridized carbons (Fsp3) is 1.00. The first-order chi connectivity index (χ1) is 9.79. The minimum absolute atomic E-state index is 2.52. The summed E-state index contributed by atoms with van der Waals surface area (Å²) in [5.41, 5.74) is 0. The van der Waals surface area contributed by atoms with Gasteiger partial charge in [0.2, 0.25) is 12.3 Å². The molecule has 0 aliphatic rings. The van der Waals surface area contributed by atoms with E-state index < -0.39 is 49.3 Å². The summed E-state index contributed by atoms with van der Waals surface area (Å²) in [4.78, 5) is 0. The second-order valence-corrected chi connectivity index (χ2v) is 3.95. The highest BCUT2D eigenvalue weighted by Crippen LogP contribution is 2.41. The topological polar surface area (TPSA) is 9.23 Å². The summed E-state index contributed by atoms with van der Waals surface area (Å²) in [6.45, 7) is 0. The van der Waals surface area contributed by atoms with Crippen molar-refractivity contribution < 1.29 is 66.2 Å². The molecule has 4 atom stereocenters. The van der Waals surface area contributed by atoms with Crippen molar-refractivity contribution in [3.63, 3.8) is 0 Å². The van der Waals surface area contributed by atoms with Crippen molar-refractivity contribution >= 4 is 0 Å². The molecule has 0 aromatic heterocycles. The molecule has 0 N–H and O–H groups in total. The van der Waals surface area contributed by atoms with Crippen molar-refractivity contribution in [1.82, 2.24) is 0 Å². The van der Waals surface area contributed by atoms with Gasteiger partial charge in [0.15, 0.2) is 12.2 Å². The van der Waals surface area contributed by atoms with Gasteiger partial charge < -0.3 is 4.74 Å². The zero-order valence-electron chi connectivity index (χ0n) is 10.0. The summed E-state index contributed by atoms with van der Waals surface area (Å²) < 4.78 is 172. The van der Waals surface area contributed by atoms with Gasteiger partial charge >= 0.3 is 24.7 Å². The third-order valence-electron chi connectivity index (χ3n) is 2.10. The fourth-order valence-corrected chi connectivity index (χ4v) is 1.13. The molecule has 0 amide bonds. The van der Waals surface area contributed by atoms with Gasteiger partial charge in [0, 0.05) is 0 Å². The number of rotatable bonds is 4. The van der Waals surface area contributed by atoms with E-state index >= 15 is 0 Å². The van der Waals surface area contributed by atoms with Crippen LogP contribution in [-0.2, 0) is 4.74 Å². The molecule has 0 spiro atoms. The monoisotopic (exact) mass is 382 g/mol. The first-order valence-electron chi connectivity index (χ1n) is 5.00. The largest absolute Gasteiger partial charge is 0.422 e. The number of hydrogen-bond acceptors (Lipinski definition) is 1. The molecule has 0 radical (unpaired) electrons. The van der Waals surface area contributed by atoms with Crippen LogP contribution in [0.5, 0.6) is 0 Å². The molecule has 0 aliphatic carbocycles. The molecule has 140 valence electrons. The molecule has 4 unspecified atom stereocenters. The molecule has 0 saturated heterocycles. The maximum absolute atomic E-state index is 12.6. The predicted molar refractivity (Wildman–Crippen MR) is 42.7 cm³/mol. The van der Waals surface area contributed by atoms with Crippen LogP contribution in [0.15, 0.2) is 0 Å². The first-order valence-corrected chi connectivity index (χ1v) is 5.00. The van der Waals surface area contributed by atoms with Crippen molar-refractivity contribution in [2.45, 2.75) is 49.3 Å². The molecular formula is C8H4F14O. The summed E-state index contributed by atoms with van der Waals surface area (Å²) in [6, 6.07) is 0. The molecule has 0 bridgehead atoms. The molecular weight excluding hydrogens is 378 g/mol. The Labute approximate surface area is 117 Å². The van der Waals surface area contributed by atoms with Crippen LogP contribution in [0.2, 0.25) is 0 Å². The highest BCUT2D eigenvalue weighted by atomic mass is 19.4. The molecule has 0 heterocycles. The minimum Gasteiger partial charge on any atom is -0.349 e. The van der Waals surface area contributed by atoms with E-state index in [1.165, 1.54) is 0 Å². The van der Waals surface area contributed by atoms with Crippen LogP contribution in [0.3, 0.4) is 0 Å². The fourth-order valence-electron chi connectivity index (χ4n) is 1.13. The van der Waals surface area contributed by atoms with Crippen LogP contribution >= 0.6 is 0 Å². The quantitative estimate of drug-likeness (QED) is 0.643. The average Bonchev–Trinajstić information content (AvgIpc) is 2.22. The van der Waals surface area contributed by atoms with Crippen LogP contribution < -0.4 is 0 Å². The molecule has 0 fully saturated rings. The van der Waals surface area contributed by atoms with Crippen LogP contribution in [0.4, 0.5) is 61.5 Å². The van der Waals surface area contributed by atoms with E-state index in [0.717, 1.165) is 0 Å². The molecule has 0 aliphatic heterocycles. The van der Waals surface area contributed by atoms with Gasteiger partial charge in [0.05, 0.1) is 0 Å². The average molecular weight is 382 g/mol. The zero-order valence-corrected chi connectivity index (χ0v) is 10.0. The van der Waals surface area contributed by atoms with Gasteiger partial charge in [-0.25, -0.2) is 8.78 Å². The van der Waals surface area contributed by atoms with Crippen molar-refractivity contribution in [3.05, 3.63) is 0 Å². The lowest BCUT2D eigenvalue weighted by molar-refractivity contribution is -0.348. The van der Waals surface area contributed by atoms with Crippen LogP contribution in [0, 0.1) is 0 Å². The third-order valence-corrected chi connectivity index (χ3v) is 2.10. The van der Waals surface area contributed by atoms with Gasteiger partial charge in [-0.05, 0) is 0 Å². The lowest BCUT2D eigenvalue weighted by atomic mass is 10.1. The van der Waals surface area contributed by atoms with Crippen molar-refractivity contribution in [2.75, 3.05) is 0 Å². The molecule has 0 saturated carbocycles. The number of alkyl halides is 14. The Morgan fingerprint density at radius 1 is 0.435 bits per heavy atom. The third kappa shape index (κ3) is 6.18. The smallest absolute Gasteiger partial charge is 0.349 e. The van der Waals surface area contributed by atoms with E-state index in [1.54, 1.807) is 0 Å². The Hall–Kier alpha value is -1.02. The van der Waals surface area contributed by atoms with E-state index in [1.807, 2.05) is 0 Å². The lowest BCUT2D eigenvalue weighted by Crippen LogP contribution is -2.55. The Bertz CT molecular complexity index is 338. The van der Waals surface area contributed by atoms with Crippen molar-refractivity contribution in [2.24, 2.45) is 0 Å². The van der Waals surface area contributed by atoms with Gasteiger partial charge in [-0.15, -0.1) is 0 Å². The maximum atomic E-state index is 12.6. The Balaban J connectivity index is 5.74. The minimum atomic E-state index is -6.50. The van der Waals surface area contributed by atoms with E-state index in [0.29, 0.717) is 0 Å². The number of hydrogen-bond donors (Lipinski definition) is 0. The number of ether oxygens (including phenoxy) is 1. The Kier molecular flexibility index (Phi) is 6.18. The van der Waals surface area contributed by atoms with Gasteiger partial charge in [-0.3, -0.25) is 0 Å². The van der Waals surface area contributed by atoms with Crippen LogP contribution in [-0.4, -0.2) is 49.3 Å². The standard InChI is InChI=1S/C8H4F14O/c9-1(5(11,12)13)3(7(17,18)19)23-4(8(20,21)22)2(10)6(14,15)16/h1-4H. The Morgan fingerprint density at radius 3 is 0.783 bits per heavy atom. The highest BCUT2D eigenvalue weighted by molar-refractivity contribution is 4.89. The first kappa shape index (κ1) is 22.0. The van der Waals surface area contributed by atoms with Gasteiger partial charge in [-0.2, -0.15) is 52.7 Å². The summed E-state index contributed by atoms with van der Waals surface area (Å²) >= 11 is 0. The predicted octanol–water partition coefficient (Wildman–Crippen LogP) is 4.67. The van der Waals surface area contributed by atoms with Gasteiger partial charge in [0.25, 0.3) is 0 Å². The normalized spacial score (nSPS) is 20.1. The molecule has 0 aromatic rings. The molecule has 23 heavy (non-hydrogen) atoms. The van der Waals surface area contributed by atoms with Gasteiger partial charge in [-0.1, -0.05) is 0 Å². The highest BCUT2D eigenvalue weighted by Gasteiger charge is 2.64. The van der Waals surface area contributed by atoms with E-state index in [-0.39, 0.29) is 0 Å². The van der Waals surface area contributed by atoms with Crippen LogP contribution in [0.1, 0.15) is 0 Å². The maximum Gasteiger partial charge on any atom is 0.422 e. The van der Waals surface area contributed by atoms with Gasteiger partial charge in [0.1, 0.15) is 0 Å².